The van der Waals surface area contributed by atoms with Gasteiger partial charge in [-0.05, 0) is 85.2 Å². The Bertz CT molecular complexity index is 889. The Hall–Kier alpha value is -1.98. The number of hydrogen-bond acceptors (Lipinski definition) is 5. The number of ether oxygens (including phenoxy) is 1. The largest absolute Gasteiger partial charge is 0.481 e. The summed E-state index contributed by atoms with van der Waals surface area (Å²) in [5.74, 6) is 0.452. The molecule has 0 bridgehead atoms. The van der Waals surface area contributed by atoms with Crippen molar-refractivity contribution in [1.82, 2.24) is 0 Å². The molecular formula is C27H38O6. The number of ketones is 2. The lowest BCUT2D eigenvalue weighted by molar-refractivity contribution is -0.157. The summed E-state index contributed by atoms with van der Waals surface area (Å²) in [6.07, 6.45) is 6.83. The Balaban J connectivity index is 1.68. The first kappa shape index (κ1) is 24.2. The zero-order chi connectivity index (χ0) is 24.1. The number of esters is 1. The second-order valence-corrected chi connectivity index (χ2v) is 11.5. The summed E-state index contributed by atoms with van der Waals surface area (Å²) >= 11 is 0. The van der Waals surface area contributed by atoms with Crippen LogP contribution in [0.2, 0.25) is 0 Å². The number of fused-ring (bicyclic) bond motifs is 5. The van der Waals surface area contributed by atoms with Crippen LogP contribution in [0.1, 0.15) is 85.5 Å². The molecule has 182 valence electrons. The summed E-state index contributed by atoms with van der Waals surface area (Å²) in [6, 6.07) is 0. The summed E-state index contributed by atoms with van der Waals surface area (Å²) in [6.45, 7) is 8.47. The Morgan fingerprint density at radius 3 is 2.48 bits per heavy atom. The Kier molecular flexibility index (Phi) is 6.34. The molecule has 0 aromatic carbocycles. The van der Waals surface area contributed by atoms with Gasteiger partial charge in [0.25, 0.3) is 0 Å². The number of aliphatic carboxylic acids is 1. The van der Waals surface area contributed by atoms with Crippen LogP contribution in [0, 0.1) is 40.4 Å². The van der Waals surface area contributed by atoms with E-state index < -0.39 is 18.0 Å². The highest BCUT2D eigenvalue weighted by Crippen LogP contribution is 2.68. The normalized spacial score (nSPS) is 41.9. The first-order chi connectivity index (χ1) is 15.5. The van der Waals surface area contributed by atoms with Crippen LogP contribution >= 0.6 is 0 Å². The first-order valence-electron chi connectivity index (χ1n) is 12.7. The van der Waals surface area contributed by atoms with Crippen molar-refractivity contribution in [2.75, 3.05) is 0 Å². The second-order valence-electron chi connectivity index (χ2n) is 11.5. The van der Waals surface area contributed by atoms with Crippen molar-refractivity contribution in [3.8, 4) is 0 Å². The Morgan fingerprint density at radius 1 is 1.12 bits per heavy atom. The highest BCUT2D eigenvalue weighted by atomic mass is 16.5. The van der Waals surface area contributed by atoms with Gasteiger partial charge in [-0.3, -0.25) is 19.2 Å². The minimum atomic E-state index is -1.03. The van der Waals surface area contributed by atoms with Gasteiger partial charge >= 0.3 is 11.9 Å². The van der Waals surface area contributed by atoms with Crippen LogP contribution in [0.5, 0.6) is 0 Å². The molecule has 0 aromatic rings. The topological polar surface area (TPSA) is 97.7 Å². The molecule has 0 amide bonds. The number of hydrogen-bond donors (Lipinski definition) is 1. The molecule has 3 fully saturated rings. The molecule has 4 aliphatic rings. The van der Waals surface area contributed by atoms with Crippen molar-refractivity contribution in [1.29, 1.82) is 0 Å². The minimum absolute atomic E-state index is 0.0341. The summed E-state index contributed by atoms with van der Waals surface area (Å²) in [7, 11) is 0. The molecule has 0 aromatic heterocycles. The van der Waals surface area contributed by atoms with E-state index in [9.17, 15) is 19.2 Å². The molecule has 0 spiro atoms. The maximum Gasteiger partial charge on any atom is 0.306 e. The molecule has 8 atom stereocenters. The van der Waals surface area contributed by atoms with E-state index >= 15 is 0 Å². The summed E-state index contributed by atoms with van der Waals surface area (Å²) in [5.41, 5.74) is 0.694. The number of Topliss-reactive ketones (excluding diaryl/α,β-unsaturated/α-hetero) is 1. The van der Waals surface area contributed by atoms with E-state index in [1.807, 2.05) is 0 Å². The van der Waals surface area contributed by atoms with Crippen molar-refractivity contribution in [2.24, 2.45) is 40.4 Å². The quantitative estimate of drug-likeness (QED) is 0.577. The van der Waals surface area contributed by atoms with E-state index in [-0.39, 0.29) is 35.4 Å². The summed E-state index contributed by atoms with van der Waals surface area (Å²) < 4.78 is 5.89. The van der Waals surface area contributed by atoms with Crippen molar-refractivity contribution in [2.45, 2.75) is 91.6 Å². The third-order valence-electron chi connectivity index (χ3n) is 9.91. The number of carbonyl (C=O) groups is 4. The molecule has 0 heterocycles. The Labute approximate surface area is 196 Å². The van der Waals surface area contributed by atoms with Crippen LogP contribution in [0.3, 0.4) is 0 Å². The molecule has 0 unspecified atom stereocenters. The van der Waals surface area contributed by atoms with Crippen LogP contribution < -0.4 is 0 Å². The zero-order valence-electron chi connectivity index (χ0n) is 20.4. The molecule has 4 aliphatic carbocycles. The van der Waals surface area contributed by atoms with Gasteiger partial charge in [-0.2, -0.15) is 0 Å². The van der Waals surface area contributed by atoms with Gasteiger partial charge in [0.1, 0.15) is 11.9 Å². The molecule has 4 rings (SSSR count). The van der Waals surface area contributed by atoms with Gasteiger partial charge in [-0.1, -0.05) is 27.2 Å². The molecule has 6 nitrogen and oxygen atoms in total. The van der Waals surface area contributed by atoms with Gasteiger partial charge in [-0.25, -0.2) is 0 Å². The molecule has 33 heavy (non-hydrogen) atoms. The summed E-state index contributed by atoms with van der Waals surface area (Å²) in [4.78, 5) is 48.5. The summed E-state index contributed by atoms with van der Waals surface area (Å²) in [5, 5.41) is 8.94. The third kappa shape index (κ3) is 3.97. The van der Waals surface area contributed by atoms with E-state index in [1.54, 1.807) is 13.0 Å². The molecular weight excluding hydrogens is 420 g/mol. The molecule has 0 radical (unpaired) electrons. The number of rotatable bonds is 6. The highest BCUT2D eigenvalue weighted by Gasteiger charge is 2.63. The SMILES string of the molecule is CC[C@@H]1C[C@H]2[C@@H]3C[C@@H](OC(=O)CCC(=O)O)C4=CC(=O)CC[C@]4(C)[C@H]3CC[C@]2(C)[C@H]1C(C)=O. The molecule has 1 N–H and O–H groups in total. The first-order valence-corrected chi connectivity index (χ1v) is 12.7. The molecule has 0 saturated heterocycles. The molecule has 6 heteroatoms. The average Bonchev–Trinajstić information content (AvgIpc) is 3.06. The number of carbonyl (C=O) groups excluding carboxylic acids is 3. The second kappa shape index (κ2) is 8.66. The van der Waals surface area contributed by atoms with Crippen LogP contribution in [-0.4, -0.2) is 34.7 Å². The van der Waals surface area contributed by atoms with Gasteiger partial charge in [0.15, 0.2) is 5.78 Å². The monoisotopic (exact) mass is 458 g/mol. The lowest BCUT2D eigenvalue weighted by Crippen LogP contribution is -2.55. The predicted molar refractivity (Wildman–Crippen MR) is 122 cm³/mol. The van der Waals surface area contributed by atoms with E-state index in [1.165, 1.54) is 0 Å². The molecule has 0 aliphatic heterocycles. The van der Waals surface area contributed by atoms with Crippen molar-refractivity contribution in [3.05, 3.63) is 11.6 Å². The van der Waals surface area contributed by atoms with Gasteiger partial charge in [0.05, 0.1) is 12.8 Å². The Morgan fingerprint density at radius 2 is 1.85 bits per heavy atom. The maximum absolute atomic E-state index is 12.7. The van der Waals surface area contributed by atoms with Crippen LogP contribution in [-0.2, 0) is 23.9 Å². The number of carboxylic acid groups (broad SMARTS) is 1. The van der Waals surface area contributed by atoms with Crippen LogP contribution in [0.15, 0.2) is 11.6 Å². The standard InChI is InChI=1S/C27H38O6/c1-5-16-12-20-18-14-22(33-24(32)7-6-23(30)31)21-13-17(29)8-10-26(21,3)19(18)9-11-27(20,4)25(16)15(2)28/h13,16,18-20,22,25H,5-12,14H2,1-4H3,(H,30,31)/t16-,18-,19+,20+,22-,25+,26-,27+/m1/s1. The fraction of sp³-hybridized carbons (Fsp3) is 0.778. The van der Waals surface area contributed by atoms with E-state index in [4.69, 9.17) is 9.84 Å². The predicted octanol–water partition coefficient (Wildman–Crippen LogP) is 4.75. The minimum Gasteiger partial charge on any atom is -0.481 e. The van der Waals surface area contributed by atoms with Crippen molar-refractivity contribution < 1.29 is 29.0 Å². The van der Waals surface area contributed by atoms with E-state index in [0.29, 0.717) is 42.3 Å². The zero-order valence-corrected chi connectivity index (χ0v) is 20.4. The highest BCUT2D eigenvalue weighted by molar-refractivity contribution is 5.92. The van der Waals surface area contributed by atoms with E-state index in [2.05, 4.69) is 20.8 Å². The van der Waals surface area contributed by atoms with Crippen molar-refractivity contribution >= 4 is 23.5 Å². The van der Waals surface area contributed by atoms with E-state index in [0.717, 1.165) is 37.7 Å². The van der Waals surface area contributed by atoms with Gasteiger partial charge in [0.2, 0.25) is 0 Å². The fourth-order valence-corrected chi connectivity index (χ4v) is 8.49. The van der Waals surface area contributed by atoms with Gasteiger partial charge < -0.3 is 9.84 Å². The van der Waals surface area contributed by atoms with Crippen LogP contribution in [0.25, 0.3) is 0 Å². The molecule has 3 saturated carbocycles. The third-order valence-corrected chi connectivity index (χ3v) is 9.91. The van der Waals surface area contributed by atoms with Gasteiger partial charge in [0, 0.05) is 12.3 Å². The fourth-order valence-electron chi connectivity index (χ4n) is 8.49. The number of carboxylic acids is 1. The lowest BCUT2D eigenvalue weighted by atomic mass is 9.46. The van der Waals surface area contributed by atoms with Crippen molar-refractivity contribution in [3.63, 3.8) is 0 Å². The van der Waals surface area contributed by atoms with Crippen LogP contribution in [0.4, 0.5) is 0 Å². The smallest absolute Gasteiger partial charge is 0.306 e. The lowest BCUT2D eigenvalue weighted by Gasteiger charge is -2.59. The average molecular weight is 459 g/mol. The van der Waals surface area contributed by atoms with Gasteiger partial charge in [-0.15, -0.1) is 0 Å². The maximum atomic E-state index is 12.7.